The van der Waals surface area contributed by atoms with Crippen LogP contribution >= 0.6 is 23.2 Å². The Morgan fingerprint density at radius 2 is 1.55 bits per heavy atom. The molecule has 3 N–H and O–H groups in total. The molecule has 2 unspecified atom stereocenters. The van der Waals surface area contributed by atoms with Crippen LogP contribution in [0, 0.1) is 0 Å². The summed E-state index contributed by atoms with van der Waals surface area (Å²) >= 11 is 12.3. The molecular formula is C29H27Cl2F3N4O4. The Morgan fingerprint density at radius 3 is 2.05 bits per heavy atom. The van der Waals surface area contributed by atoms with Crippen LogP contribution in [0.3, 0.4) is 0 Å². The van der Waals surface area contributed by atoms with Crippen LogP contribution in [-0.4, -0.2) is 56.2 Å². The lowest BCUT2D eigenvalue weighted by Gasteiger charge is -2.38. The molecule has 2 heterocycles. The SMILES string of the molecule is COc1ccc(C2(C(=O)N3CCNC(=O)C3)NC(c3ccc(Cl)cc3)C(c3ccc(Cl)cc3)N2)c(OCC(F)(F)F)c1. The van der Waals surface area contributed by atoms with Gasteiger partial charge in [0.25, 0.3) is 5.91 Å². The van der Waals surface area contributed by atoms with Gasteiger partial charge in [0.2, 0.25) is 5.91 Å². The first-order valence-electron chi connectivity index (χ1n) is 13.0. The van der Waals surface area contributed by atoms with Gasteiger partial charge in [-0.3, -0.25) is 20.2 Å². The summed E-state index contributed by atoms with van der Waals surface area (Å²) in [4.78, 5) is 28.2. The number of carbonyl (C=O) groups excluding carboxylic acids is 2. The molecule has 0 radical (unpaired) electrons. The van der Waals surface area contributed by atoms with Crippen molar-refractivity contribution < 1.29 is 32.2 Å². The molecule has 3 aromatic carbocycles. The van der Waals surface area contributed by atoms with Gasteiger partial charge in [-0.05, 0) is 47.5 Å². The fourth-order valence-corrected chi connectivity index (χ4v) is 5.48. The first kappa shape index (κ1) is 30.0. The fourth-order valence-electron chi connectivity index (χ4n) is 5.23. The largest absolute Gasteiger partial charge is 0.497 e. The number of carbonyl (C=O) groups is 2. The van der Waals surface area contributed by atoms with Crippen molar-refractivity contribution in [1.82, 2.24) is 20.9 Å². The van der Waals surface area contributed by atoms with Crippen molar-refractivity contribution in [2.75, 3.05) is 33.4 Å². The number of hydrogen-bond donors (Lipinski definition) is 3. The maximum absolute atomic E-state index is 14.5. The summed E-state index contributed by atoms with van der Waals surface area (Å²) in [6.07, 6.45) is -4.64. The predicted octanol–water partition coefficient (Wildman–Crippen LogP) is 4.73. The molecular weight excluding hydrogens is 596 g/mol. The Morgan fingerprint density at radius 1 is 0.976 bits per heavy atom. The first-order chi connectivity index (χ1) is 20.0. The average Bonchev–Trinajstić information content (AvgIpc) is 3.37. The predicted molar refractivity (Wildman–Crippen MR) is 150 cm³/mol. The number of nitrogens with one attached hydrogen (secondary N) is 3. The van der Waals surface area contributed by atoms with Gasteiger partial charge in [-0.15, -0.1) is 0 Å². The van der Waals surface area contributed by atoms with Crippen molar-refractivity contribution in [3.63, 3.8) is 0 Å². The van der Waals surface area contributed by atoms with Crippen LogP contribution in [0.25, 0.3) is 0 Å². The maximum atomic E-state index is 14.5. The van der Waals surface area contributed by atoms with E-state index >= 15 is 0 Å². The Labute approximate surface area is 250 Å². The minimum atomic E-state index is -4.64. The van der Waals surface area contributed by atoms with E-state index in [1.165, 1.54) is 30.2 Å². The summed E-state index contributed by atoms with van der Waals surface area (Å²) in [5, 5.41) is 10.5. The molecule has 5 rings (SSSR count). The van der Waals surface area contributed by atoms with Gasteiger partial charge in [0.05, 0.1) is 25.7 Å². The van der Waals surface area contributed by atoms with E-state index in [9.17, 15) is 22.8 Å². The molecule has 2 aliphatic rings. The highest BCUT2D eigenvalue weighted by molar-refractivity contribution is 6.30. The zero-order chi connectivity index (χ0) is 30.1. The molecule has 0 aromatic heterocycles. The number of ether oxygens (including phenoxy) is 2. The quantitative estimate of drug-likeness (QED) is 0.353. The molecule has 0 aliphatic carbocycles. The third-order valence-electron chi connectivity index (χ3n) is 7.17. The molecule has 2 atom stereocenters. The van der Waals surface area contributed by atoms with E-state index in [0.29, 0.717) is 10.0 Å². The zero-order valence-electron chi connectivity index (χ0n) is 22.3. The van der Waals surface area contributed by atoms with Crippen LogP contribution in [0.2, 0.25) is 10.0 Å². The molecule has 2 amide bonds. The highest BCUT2D eigenvalue weighted by atomic mass is 35.5. The van der Waals surface area contributed by atoms with Crippen LogP contribution in [0.4, 0.5) is 13.2 Å². The Kier molecular flexibility index (Phi) is 8.56. The van der Waals surface area contributed by atoms with Gasteiger partial charge >= 0.3 is 6.18 Å². The summed E-state index contributed by atoms with van der Waals surface area (Å²) < 4.78 is 50.5. The number of amides is 2. The molecule has 0 saturated carbocycles. The van der Waals surface area contributed by atoms with Crippen molar-refractivity contribution in [1.29, 1.82) is 0 Å². The van der Waals surface area contributed by atoms with E-state index < -0.39 is 36.4 Å². The summed E-state index contributed by atoms with van der Waals surface area (Å²) in [7, 11) is 1.37. The lowest BCUT2D eigenvalue weighted by atomic mass is 9.95. The number of alkyl halides is 3. The number of piperazine rings is 1. The third kappa shape index (κ3) is 6.29. The van der Waals surface area contributed by atoms with Gasteiger partial charge in [-0.25, -0.2) is 0 Å². The Hall–Kier alpha value is -3.51. The van der Waals surface area contributed by atoms with E-state index in [1.807, 2.05) is 0 Å². The normalized spacial score (nSPS) is 22.5. The maximum Gasteiger partial charge on any atom is 0.422 e. The fraction of sp³-hybridized carbons (Fsp3) is 0.310. The number of benzene rings is 3. The molecule has 222 valence electrons. The second-order valence-electron chi connectivity index (χ2n) is 9.94. The lowest BCUT2D eigenvalue weighted by Crippen LogP contribution is -2.62. The third-order valence-corrected chi connectivity index (χ3v) is 7.67. The van der Waals surface area contributed by atoms with Gasteiger partial charge in [0.1, 0.15) is 11.5 Å². The number of methoxy groups -OCH3 is 1. The average molecular weight is 623 g/mol. The molecule has 0 spiro atoms. The number of nitrogens with zero attached hydrogens (tertiary/aromatic N) is 1. The molecule has 2 saturated heterocycles. The number of halogens is 5. The smallest absolute Gasteiger partial charge is 0.422 e. The van der Waals surface area contributed by atoms with Crippen LogP contribution in [0.1, 0.15) is 28.8 Å². The topological polar surface area (TPSA) is 91.9 Å². The van der Waals surface area contributed by atoms with Gasteiger partial charge in [-0.2, -0.15) is 13.2 Å². The highest BCUT2D eigenvalue weighted by Crippen LogP contribution is 2.45. The Bertz CT molecular complexity index is 1400. The summed E-state index contributed by atoms with van der Waals surface area (Å²) in [5.74, 6) is -0.894. The molecule has 42 heavy (non-hydrogen) atoms. The standard InChI is InChI=1S/C29H27Cl2F3N4O4/c1-41-21-10-11-22(23(14-21)42-16-28(32,33)34)29(27(40)38-13-12-35-24(39)15-38)36-25(17-2-6-19(30)7-3-17)26(37-29)18-4-8-20(31)9-5-18/h2-11,14,25-26,36-37H,12-13,15-16H2,1H3,(H,35,39). The molecule has 2 fully saturated rings. The van der Waals surface area contributed by atoms with E-state index in [4.69, 9.17) is 32.7 Å². The Balaban J connectivity index is 1.69. The van der Waals surface area contributed by atoms with Crippen LogP contribution in [0.5, 0.6) is 11.5 Å². The van der Waals surface area contributed by atoms with E-state index in [1.54, 1.807) is 48.5 Å². The first-order valence-corrected chi connectivity index (χ1v) is 13.7. The van der Waals surface area contributed by atoms with E-state index in [2.05, 4.69) is 16.0 Å². The molecule has 3 aromatic rings. The summed E-state index contributed by atoms with van der Waals surface area (Å²) in [6.45, 7) is -1.40. The molecule has 0 bridgehead atoms. The molecule has 13 heteroatoms. The van der Waals surface area contributed by atoms with Gasteiger partial charge in [0.15, 0.2) is 12.3 Å². The van der Waals surface area contributed by atoms with Gasteiger partial charge in [0, 0.05) is 34.8 Å². The van der Waals surface area contributed by atoms with E-state index in [0.717, 1.165) is 11.1 Å². The van der Waals surface area contributed by atoms with Crippen molar-refractivity contribution in [2.24, 2.45) is 0 Å². The van der Waals surface area contributed by atoms with E-state index in [-0.39, 0.29) is 42.6 Å². The van der Waals surface area contributed by atoms with Gasteiger partial charge < -0.3 is 19.7 Å². The van der Waals surface area contributed by atoms with Crippen molar-refractivity contribution >= 4 is 35.0 Å². The number of hydrogen-bond acceptors (Lipinski definition) is 6. The molecule has 8 nitrogen and oxygen atoms in total. The second kappa shape index (κ2) is 12.0. The van der Waals surface area contributed by atoms with Crippen molar-refractivity contribution in [3.05, 3.63) is 93.5 Å². The number of rotatable bonds is 7. The van der Waals surface area contributed by atoms with Crippen LogP contribution in [-0.2, 0) is 15.3 Å². The minimum absolute atomic E-state index is 0.0963. The summed E-state index contributed by atoms with van der Waals surface area (Å²) in [6, 6.07) is 17.2. The zero-order valence-corrected chi connectivity index (χ0v) is 23.8. The summed E-state index contributed by atoms with van der Waals surface area (Å²) in [5.41, 5.74) is -0.216. The van der Waals surface area contributed by atoms with Crippen LogP contribution in [0.15, 0.2) is 66.7 Å². The minimum Gasteiger partial charge on any atom is -0.497 e. The molecule has 2 aliphatic heterocycles. The lowest BCUT2D eigenvalue weighted by molar-refractivity contribution is -0.154. The van der Waals surface area contributed by atoms with Crippen LogP contribution < -0.4 is 25.4 Å². The monoisotopic (exact) mass is 622 g/mol. The van der Waals surface area contributed by atoms with Crippen molar-refractivity contribution in [2.45, 2.75) is 23.9 Å². The highest BCUT2D eigenvalue weighted by Gasteiger charge is 2.55. The second-order valence-corrected chi connectivity index (χ2v) is 10.8. The van der Waals surface area contributed by atoms with Gasteiger partial charge in [-0.1, -0.05) is 47.5 Å². The van der Waals surface area contributed by atoms with Crippen molar-refractivity contribution in [3.8, 4) is 11.5 Å².